The second kappa shape index (κ2) is 10.9. The molecule has 0 bridgehead atoms. The number of thiazole rings is 1. The minimum atomic E-state index is -0.446. The van der Waals surface area contributed by atoms with Crippen LogP contribution in [0.25, 0.3) is 0 Å². The van der Waals surface area contributed by atoms with Gasteiger partial charge in [0.15, 0.2) is 5.01 Å². The lowest BCUT2D eigenvalue weighted by Gasteiger charge is -2.18. The van der Waals surface area contributed by atoms with Crippen LogP contribution in [0, 0.1) is 17.3 Å². The molecule has 150 valence electrons. The summed E-state index contributed by atoms with van der Waals surface area (Å²) in [5, 5.41) is 7.03. The van der Waals surface area contributed by atoms with E-state index in [1.165, 1.54) is 15.9 Å². The molecule has 30 heavy (non-hydrogen) atoms. The second-order valence-electron chi connectivity index (χ2n) is 7.68. The maximum Gasteiger partial charge on any atom is 0.166 e. The minimum Gasteiger partial charge on any atom is -0.236 e. The molecule has 1 aromatic heterocycles. The van der Waals surface area contributed by atoms with Gasteiger partial charge in [0.2, 0.25) is 0 Å². The first kappa shape index (κ1) is 22.0. The van der Waals surface area contributed by atoms with Crippen molar-refractivity contribution in [1.82, 2.24) is 4.98 Å². The predicted molar refractivity (Wildman–Crippen MR) is 134 cm³/mol. The van der Waals surface area contributed by atoms with Crippen molar-refractivity contribution in [2.24, 2.45) is 5.41 Å². The van der Waals surface area contributed by atoms with Gasteiger partial charge in [-0.1, -0.05) is 96.9 Å². The number of hydrogen-bond donors (Lipinski definition) is 0. The summed E-state index contributed by atoms with van der Waals surface area (Å²) in [6.45, 7) is 6.27. The molecule has 0 amide bonds. The molecule has 0 radical (unpaired) electrons. The second-order valence-corrected chi connectivity index (χ2v) is 10.8. The summed E-state index contributed by atoms with van der Waals surface area (Å²) in [5.74, 6) is 6.14. The van der Waals surface area contributed by atoms with Crippen molar-refractivity contribution in [3.63, 3.8) is 0 Å². The van der Waals surface area contributed by atoms with E-state index in [9.17, 15) is 0 Å². The highest BCUT2D eigenvalue weighted by atomic mass is 32.1. The van der Waals surface area contributed by atoms with Crippen molar-refractivity contribution in [2.45, 2.75) is 20.8 Å². The third kappa shape index (κ3) is 6.96. The number of aromatic nitrogens is 1. The van der Waals surface area contributed by atoms with Gasteiger partial charge in [0.05, 0.1) is 0 Å². The Morgan fingerprint density at radius 3 is 1.47 bits per heavy atom. The molecule has 4 rings (SSSR count). The molecule has 3 heteroatoms. The van der Waals surface area contributed by atoms with E-state index in [1.54, 1.807) is 17.5 Å². The Morgan fingerprint density at radius 2 is 1.13 bits per heavy atom. The zero-order valence-electron chi connectivity index (χ0n) is 17.6. The molecule has 0 N–H and O–H groups in total. The molecular weight excluding hydrogens is 401 g/mol. The molecule has 1 heterocycles. The summed E-state index contributed by atoms with van der Waals surface area (Å²) in [6, 6.07) is 32.3. The summed E-state index contributed by atoms with van der Waals surface area (Å²) in [6.07, 6.45) is 1.78. The monoisotopic (exact) mass is 427 g/mol. The Kier molecular flexibility index (Phi) is 7.97. The smallest absolute Gasteiger partial charge is 0.166 e. The first-order valence-corrected chi connectivity index (χ1v) is 12.1. The normalized spacial score (nSPS) is 10.5. The molecule has 1 nitrogen and oxygen atoms in total. The van der Waals surface area contributed by atoms with Crippen molar-refractivity contribution in [2.75, 3.05) is 0 Å². The van der Waals surface area contributed by atoms with Crippen molar-refractivity contribution < 1.29 is 0 Å². The SMILES string of the molecule is CC(C)(C)C#Cc1nccs1.c1ccc(P(c2ccccc2)c2ccccc2)cc1. The molecule has 0 fully saturated rings. The molecule has 0 saturated carbocycles. The molecule has 0 unspecified atom stereocenters. The molecular formula is C27H26NPS. The number of benzene rings is 3. The molecule has 0 spiro atoms. The highest BCUT2D eigenvalue weighted by Gasteiger charge is 2.14. The lowest BCUT2D eigenvalue weighted by atomic mass is 9.98. The van der Waals surface area contributed by atoms with Gasteiger partial charge >= 0.3 is 0 Å². The van der Waals surface area contributed by atoms with Crippen LogP contribution in [-0.4, -0.2) is 4.98 Å². The van der Waals surface area contributed by atoms with Gasteiger partial charge in [0.25, 0.3) is 0 Å². The topological polar surface area (TPSA) is 12.9 Å². The van der Waals surface area contributed by atoms with Crippen LogP contribution in [0.5, 0.6) is 0 Å². The van der Waals surface area contributed by atoms with Gasteiger partial charge in [-0.3, -0.25) is 0 Å². The van der Waals surface area contributed by atoms with E-state index in [1.807, 2.05) is 5.38 Å². The summed E-state index contributed by atoms with van der Waals surface area (Å²) in [7, 11) is -0.446. The fourth-order valence-corrected chi connectivity index (χ4v) is 5.49. The van der Waals surface area contributed by atoms with Crippen LogP contribution in [0.4, 0.5) is 0 Å². The lowest BCUT2D eigenvalue weighted by molar-refractivity contribution is 0.571. The highest BCUT2D eigenvalue weighted by Crippen LogP contribution is 2.32. The van der Waals surface area contributed by atoms with Gasteiger partial charge in [0, 0.05) is 17.0 Å². The molecule has 3 aromatic carbocycles. The van der Waals surface area contributed by atoms with Crippen LogP contribution in [0.1, 0.15) is 25.8 Å². The van der Waals surface area contributed by atoms with Crippen LogP contribution in [0.2, 0.25) is 0 Å². The fourth-order valence-electron chi connectivity index (χ4n) is 2.70. The maximum atomic E-state index is 4.06. The van der Waals surface area contributed by atoms with Crippen LogP contribution in [-0.2, 0) is 0 Å². The Morgan fingerprint density at radius 1 is 0.700 bits per heavy atom. The van der Waals surface area contributed by atoms with Crippen LogP contribution in [0.3, 0.4) is 0 Å². The van der Waals surface area contributed by atoms with Crippen molar-refractivity contribution in [3.8, 4) is 11.8 Å². The fraction of sp³-hybridized carbons (Fsp3) is 0.148. The number of rotatable bonds is 3. The van der Waals surface area contributed by atoms with E-state index in [-0.39, 0.29) is 5.41 Å². The van der Waals surface area contributed by atoms with E-state index in [0.29, 0.717) is 0 Å². The summed E-state index contributed by atoms with van der Waals surface area (Å²) in [4.78, 5) is 4.06. The van der Waals surface area contributed by atoms with Gasteiger partial charge in [-0.2, -0.15) is 0 Å². The lowest BCUT2D eigenvalue weighted by Crippen LogP contribution is -2.20. The van der Waals surface area contributed by atoms with Gasteiger partial charge in [-0.25, -0.2) is 4.98 Å². The maximum absolute atomic E-state index is 4.06. The first-order chi connectivity index (χ1) is 14.5. The van der Waals surface area contributed by atoms with E-state index < -0.39 is 7.92 Å². The van der Waals surface area contributed by atoms with E-state index >= 15 is 0 Å². The summed E-state index contributed by atoms with van der Waals surface area (Å²) in [5.41, 5.74) is 0.0751. The van der Waals surface area contributed by atoms with Gasteiger partial charge in [-0.05, 0) is 50.5 Å². The van der Waals surface area contributed by atoms with Crippen molar-refractivity contribution >= 4 is 35.2 Å². The average Bonchev–Trinajstić information content (AvgIpc) is 3.29. The summed E-state index contributed by atoms with van der Waals surface area (Å²) < 4.78 is 0. The van der Waals surface area contributed by atoms with E-state index in [2.05, 4.69) is 129 Å². The van der Waals surface area contributed by atoms with Crippen molar-refractivity contribution in [3.05, 3.63) is 108 Å². The van der Waals surface area contributed by atoms with E-state index in [0.717, 1.165) is 5.01 Å². The Hall–Kier alpha value is -2.72. The van der Waals surface area contributed by atoms with E-state index in [4.69, 9.17) is 0 Å². The predicted octanol–water partition coefficient (Wildman–Crippen LogP) is 5.99. The molecule has 0 aliphatic rings. The van der Waals surface area contributed by atoms with Crippen LogP contribution >= 0.6 is 19.3 Å². The number of hydrogen-bond acceptors (Lipinski definition) is 2. The standard InChI is InChI=1S/C18H15P.C9H11NS/c1-4-10-16(11-5-1)19(17-12-6-2-7-13-17)18-14-8-3-9-15-18;1-9(2,3)5-4-8-10-6-7-11-8/h1-15H;6-7H,1-3H3. The van der Waals surface area contributed by atoms with Crippen LogP contribution in [0.15, 0.2) is 103 Å². The first-order valence-electron chi connectivity index (χ1n) is 9.91. The third-order valence-corrected chi connectivity index (χ3v) is 7.15. The van der Waals surface area contributed by atoms with Crippen molar-refractivity contribution in [1.29, 1.82) is 0 Å². The molecule has 0 aliphatic heterocycles. The zero-order chi connectivity index (χ0) is 21.2. The largest absolute Gasteiger partial charge is 0.236 e. The third-order valence-electron chi connectivity index (χ3n) is 4.02. The van der Waals surface area contributed by atoms with Gasteiger partial charge in [-0.15, -0.1) is 11.3 Å². The summed E-state index contributed by atoms with van der Waals surface area (Å²) >= 11 is 1.58. The Bertz CT molecular complexity index is 964. The Balaban J connectivity index is 0.000000199. The average molecular weight is 428 g/mol. The molecule has 4 aromatic rings. The van der Waals surface area contributed by atoms with Gasteiger partial charge in [0.1, 0.15) is 0 Å². The van der Waals surface area contributed by atoms with Crippen LogP contribution < -0.4 is 15.9 Å². The number of nitrogens with zero attached hydrogens (tertiary/aromatic N) is 1. The minimum absolute atomic E-state index is 0.0751. The Labute approximate surface area is 185 Å². The molecule has 0 saturated heterocycles. The molecule has 0 aliphatic carbocycles. The molecule has 0 atom stereocenters. The zero-order valence-corrected chi connectivity index (χ0v) is 19.3. The highest BCUT2D eigenvalue weighted by molar-refractivity contribution is 7.79. The van der Waals surface area contributed by atoms with Gasteiger partial charge < -0.3 is 0 Å². The quantitative estimate of drug-likeness (QED) is 0.289.